The number of halogens is 1. The number of rotatable bonds is 5. The van der Waals surface area contributed by atoms with Crippen molar-refractivity contribution in [3.8, 4) is 16.3 Å². The highest BCUT2D eigenvalue weighted by atomic mass is 35.5. The van der Waals surface area contributed by atoms with E-state index in [0.29, 0.717) is 16.6 Å². The van der Waals surface area contributed by atoms with Gasteiger partial charge in [0.15, 0.2) is 0 Å². The number of amides is 1. The lowest BCUT2D eigenvalue weighted by atomic mass is 10.1. The monoisotopic (exact) mass is 409 g/mol. The third kappa shape index (κ3) is 3.98. The maximum atomic E-state index is 12.4. The average molecular weight is 410 g/mol. The summed E-state index contributed by atoms with van der Waals surface area (Å²) in [6.45, 7) is 0. The second-order valence-electron chi connectivity index (χ2n) is 6.10. The van der Waals surface area contributed by atoms with E-state index in [4.69, 9.17) is 16.3 Å². The lowest BCUT2D eigenvalue weighted by Crippen LogP contribution is -2.15. The van der Waals surface area contributed by atoms with Crippen LogP contribution in [0.5, 0.6) is 5.75 Å². The Labute approximate surface area is 171 Å². The summed E-state index contributed by atoms with van der Waals surface area (Å²) in [7, 11) is 1.56. The standard InChI is InChI=1S/C21H16ClN3O2S/c1-27-17-8-7-15(22)10-14(17)11-20(26)25-19-9-6-13(12-23-19)21-24-16-4-2-3-5-18(16)28-21/h2-10,12H,11H2,1H3,(H,23,25,26). The zero-order valence-corrected chi connectivity index (χ0v) is 16.6. The van der Waals surface area contributed by atoms with Gasteiger partial charge in [-0.3, -0.25) is 4.79 Å². The van der Waals surface area contributed by atoms with Crippen LogP contribution in [0, 0.1) is 0 Å². The van der Waals surface area contributed by atoms with Crippen molar-refractivity contribution in [2.75, 3.05) is 12.4 Å². The second-order valence-corrected chi connectivity index (χ2v) is 7.57. The van der Waals surface area contributed by atoms with Crippen molar-refractivity contribution in [3.63, 3.8) is 0 Å². The number of hydrogen-bond donors (Lipinski definition) is 1. The number of thiazole rings is 1. The zero-order valence-electron chi connectivity index (χ0n) is 15.0. The van der Waals surface area contributed by atoms with Crippen LogP contribution in [0.4, 0.5) is 5.82 Å². The molecule has 1 N–H and O–H groups in total. The van der Waals surface area contributed by atoms with Crippen molar-refractivity contribution in [2.24, 2.45) is 0 Å². The van der Waals surface area contributed by atoms with Crippen molar-refractivity contribution < 1.29 is 9.53 Å². The lowest BCUT2D eigenvalue weighted by molar-refractivity contribution is -0.115. The van der Waals surface area contributed by atoms with Gasteiger partial charge in [-0.15, -0.1) is 11.3 Å². The first-order valence-electron chi connectivity index (χ1n) is 8.56. The summed E-state index contributed by atoms with van der Waals surface area (Å²) < 4.78 is 6.41. The van der Waals surface area contributed by atoms with E-state index in [2.05, 4.69) is 15.3 Å². The van der Waals surface area contributed by atoms with Crippen molar-refractivity contribution in [1.82, 2.24) is 9.97 Å². The summed E-state index contributed by atoms with van der Waals surface area (Å²) >= 11 is 7.63. The number of para-hydroxylation sites is 1. The van der Waals surface area contributed by atoms with Gasteiger partial charge in [-0.1, -0.05) is 23.7 Å². The average Bonchev–Trinajstić information content (AvgIpc) is 3.13. The molecule has 7 heteroatoms. The van der Waals surface area contributed by atoms with E-state index in [1.807, 2.05) is 30.3 Å². The minimum atomic E-state index is -0.194. The zero-order chi connectivity index (χ0) is 19.5. The molecule has 0 bridgehead atoms. The first-order valence-corrected chi connectivity index (χ1v) is 9.76. The normalized spacial score (nSPS) is 10.8. The first-order chi connectivity index (χ1) is 13.6. The van der Waals surface area contributed by atoms with E-state index in [1.165, 1.54) is 0 Å². The molecule has 0 saturated heterocycles. The van der Waals surface area contributed by atoms with E-state index in [1.54, 1.807) is 48.9 Å². The van der Waals surface area contributed by atoms with Gasteiger partial charge >= 0.3 is 0 Å². The molecule has 0 aliphatic heterocycles. The van der Waals surface area contributed by atoms with E-state index < -0.39 is 0 Å². The summed E-state index contributed by atoms with van der Waals surface area (Å²) in [6, 6.07) is 16.9. The predicted octanol–water partition coefficient (Wildman–Crippen LogP) is 5.20. The number of pyridine rings is 1. The number of anilines is 1. The molecule has 4 rings (SSSR count). The summed E-state index contributed by atoms with van der Waals surface area (Å²) in [5, 5.41) is 4.26. The van der Waals surface area contributed by atoms with Gasteiger partial charge in [0.2, 0.25) is 5.91 Å². The first kappa shape index (κ1) is 18.4. The molecule has 140 valence electrons. The van der Waals surface area contributed by atoms with Gasteiger partial charge in [0, 0.05) is 22.3 Å². The minimum Gasteiger partial charge on any atom is -0.496 e. The van der Waals surface area contributed by atoms with E-state index in [0.717, 1.165) is 26.4 Å². The summed E-state index contributed by atoms with van der Waals surface area (Å²) in [5.74, 6) is 0.912. The molecular weight excluding hydrogens is 394 g/mol. The number of nitrogens with one attached hydrogen (secondary N) is 1. The van der Waals surface area contributed by atoms with Gasteiger partial charge in [-0.05, 0) is 42.5 Å². The number of aromatic nitrogens is 2. The third-order valence-corrected chi connectivity index (χ3v) is 5.49. The molecule has 0 unspecified atom stereocenters. The Balaban J connectivity index is 1.47. The van der Waals surface area contributed by atoms with Gasteiger partial charge in [0.05, 0.1) is 23.7 Å². The molecule has 4 aromatic rings. The van der Waals surface area contributed by atoms with Gasteiger partial charge < -0.3 is 10.1 Å². The Hall–Kier alpha value is -2.96. The molecule has 0 aliphatic carbocycles. The lowest BCUT2D eigenvalue weighted by Gasteiger charge is -2.09. The van der Waals surface area contributed by atoms with Gasteiger partial charge in [-0.25, -0.2) is 9.97 Å². The van der Waals surface area contributed by atoms with Crippen molar-refractivity contribution in [2.45, 2.75) is 6.42 Å². The van der Waals surface area contributed by atoms with E-state index in [-0.39, 0.29) is 12.3 Å². The van der Waals surface area contributed by atoms with Gasteiger partial charge in [0.1, 0.15) is 16.6 Å². The van der Waals surface area contributed by atoms with E-state index in [9.17, 15) is 4.79 Å². The van der Waals surface area contributed by atoms with Crippen LogP contribution in [0.25, 0.3) is 20.8 Å². The van der Waals surface area contributed by atoms with Crippen LogP contribution in [0.3, 0.4) is 0 Å². The summed E-state index contributed by atoms with van der Waals surface area (Å²) in [4.78, 5) is 21.3. The van der Waals surface area contributed by atoms with Crippen LogP contribution in [-0.4, -0.2) is 23.0 Å². The Bertz CT molecular complexity index is 1110. The van der Waals surface area contributed by atoms with Crippen LogP contribution in [-0.2, 0) is 11.2 Å². The Morgan fingerprint density at radius 3 is 2.79 bits per heavy atom. The largest absolute Gasteiger partial charge is 0.496 e. The molecule has 0 atom stereocenters. The molecule has 0 aliphatic rings. The fourth-order valence-corrected chi connectivity index (χ4v) is 3.99. The minimum absolute atomic E-state index is 0.144. The molecule has 28 heavy (non-hydrogen) atoms. The van der Waals surface area contributed by atoms with Crippen LogP contribution in [0.2, 0.25) is 5.02 Å². The molecule has 2 heterocycles. The Morgan fingerprint density at radius 2 is 2.04 bits per heavy atom. The van der Waals surface area contributed by atoms with Crippen LogP contribution in [0.15, 0.2) is 60.8 Å². The molecule has 2 aromatic carbocycles. The van der Waals surface area contributed by atoms with Gasteiger partial charge in [0.25, 0.3) is 0 Å². The maximum absolute atomic E-state index is 12.4. The number of ether oxygens (including phenoxy) is 1. The Morgan fingerprint density at radius 1 is 1.18 bits per heavy atom. The van der Waals surface area contributed by atoms with Crippen LogP contribution >= 0.6 is 22.9 Å². The number of carbonyl (C=O) groups excluding carboxylic acids is 1. The Kier molecular flexibility index (Phi) is 5.23. The van der Waals surface area contributed by atoms with Crippen LogP contribution < -0.4 is 10.1 Å². The number of carbonyl (C=O) groups is 1. The van der Waals surface area contributed by atoms with Crippen LogP contribution in [0.1, 0.15) is 5.56 Å². The number of methoxy groups -OCH3 is 1. The molecule has 0 saturated carbocycles. The molecule has 2 aromatic heterocycles. The highest BCUT2D eigenvalue weighted by Crippen LogP contribution is 2.30. The number of benzene rings is 2. The quantitative estimate of drug-likeness (QED) is 0.492. The molecular formula is C21H16ClN3O2S. The second kappa shape index (κ2) is 7.96. The summed E-state index contributed by atoms with van der Waals surface area (Å²) in [5.41, 5.74) is 2.60. The highest BCUT2D eigenvalue weighted by molar-refractivity contribution is 7.21. The number of hydrogen-bond acceptors (Lipinski definition) is 5. The maximum Gasteiger partial charge on any atom is 0.230 e. The predicted molar refractivity (Wildman–Crippen MR) is 113 cm³/mol. The number of fused-ring (bicyclic) bond motifs is 1. The smallest absolute Gasteiger partial charge is 0.230 e. The van der Waals surface area contributed by atoms with Crippen molar-refractivity contribution >= 4 is 44.9 Å². The van der Waals surface area contributed by atoms with Gasteiger partial charge in [-0.2, -0.15) is 0 Å². The molecule has 1 amide bonds. The van der Waals surface area contributed by atoms with Crippen molar-refractivity contribution in [1.29, 1.82) is 0 Å². The molecule has 0 fully saturated rings. The third-order valence-electron chi connectivity index (χ3n) is 4.17. The number of nitrogens with zero attached hydrogens (tertiary/aromatic N) is 2. The van der Waals surface area contributed by atoms with Crippen molar-refractivity contribution in [3.05, 3.63) is 71.4 Å². The molecule has 0 radical (unpaired) electrons. The molecule has 5 nitrogen and oxygen atoms in total. The highest BCUT2D eigenvalue weighted by Gasteiger charge is 2.11. The molecule has 0 spiro atoms. The topological polar surface area (TPSA) is 64.1 Å². The van der Waals surface area contributed by atoms with E-state index >= 15 is 0 Å². The fraction of sp³-hybridized carbons (Fsp3) is 0.0952. The SMILES string of the molecule is COc1ccc(Cl)cc1CC(=O)Nc1ccc(-c2nc3ccccc3s2)cn1. The summed E-state index contributed by atoms with van der Waals surface area (Å²) in [6.07, 6.45) is 1.86. The fourth-order valence-electron chi connectivity index (χ4n) is 2.84.